The largest absolute Gasteiger partial charge is 0.383 e. The Kier molecular flexibility index (Phi) is 4.62. The van der Waals surface area contributed by atoms with Crippen LogP contribution in [-0.2, 0) is 19.1 Å². The molecule has 1 amide bonds. The summed E-state index contributed by atoms with van der Waals surface area (Å²) in [5.41, 5.74) is -0.447. The number of ketones is 1. The van der Waals surface area contributed by atoms with Crippen LogP contribution in [0.3, 0.4) is 0 Å². The van der Waals surface area contributed by atoms with Crippen LogP contribution in [0.25, 0.3) is 0 Å². The molecular weight excluding hydrogens is 226 g/mol. The fourth-order valence-corrected chi connectivity index (χ4v) is 1.32. The van der Waals surface area contributed by atoms with Crippen LogP contribution in [0.5, 0.6) is 0 Å². The summed E-state index contributed by atoms with van der Waals surface area (Å²) < 4.78 is 10.3. The average Bonchev–Trinajstić information content (AvgIpc) is 2.24. The molecule has 1 aliphatic heterocycles. The number of amides is 1. The molecule has 1 heterocycles. The standard InChI is InChI=1S/C11H19NO5/c1-11(2,3)17-6-7(13)8(14)9-10(15)12-4-5-16-9/h7,9,13H,4-6H2,1-3H3,(H,12,15). The number of rotatable bonds is 4. The minimum absolute atomic E-state index is 0.143. The lowest BCUT2D eigenvalue weighted by Crippen LogP contribution is -2.52. The first-order valence-corrected chi connectivity index (χ1v) is 5.56. The molecule has 0 aromatic heterocycles. The molecule has 2 unspecified atom stereocenters. The number of aliphatic hydroxyl groups excluding tert-OH is 1. The molecule has 0 aromatic carbocycles. The Morgan fingerprint density at radius 1 is 1.65 bits per heavy atom. The molecule has 0 aliphatic carbocycles. The van der Waals surface area contributed by atoms with Gasteiger partial charge < -0.3 is 19.9 Å². The van der Waals surface area contributed by atoms with Crippen LogP contribution in [0.2, 0.25) is 0 Å². The highest BCUT2D eigenvalue weighted by molar-refractivity contribution is 6.06. The molecule has 6 heteroatoms. The maximum absolute atomic E-state index is 11.7. The second-order valence-corrected chi connectivity index (χ2v) is 4.88. The second kappa shape index (κ2) is 5.57. The Labute approximate surface area is 100 Å². The van der Waals surface area contributed by atoms with Crippen molar-refractivity contribution in [1.82, 2.24) is 5.32 Å². The van der Waals surface area contributed by atoms with Crippen LogP contribution in [0.15, 0.2) is 0 Å². The topological polar surface area (TPSA) is 84.9 Å². The van der Waals surface area contributed by atoms with Gasteiger partial charge >= 0.3 is 0 Å². The normalized spacial score (nSPS) is 23.1. The monoisotopic (exact) mass is 245 g/mol. The summed E-state index contributed by atoms with van der Waals surface area (Å²) in [5.74, 6) is -1.16. The van der Waals surface area contributed by atoms with Gasteiger partial charge in [-0.15, -0.1) is 0 Å². The van der Waals surface area contributed by atoms with Crippen LogP contribution in [0, 0.1) is 0 Å². The van der Waals surface area contributed by atoms with Crippen LogP contribution in [0.4, 0.5) is 0 Å². The molecule has 0 spiro atoms. The molecule has 98 valence electrons. The number of hydrogen-bond donors (Lipinski definition) is 2. The van der Waals surface area contributed by atoms with Crippen LogP contribution >= 0.6 is 0 Å². The third-order valence-corrected chi connectivity index (χ3v) is 2.18. The zero-order valence-corrected chi connectivity index (χ0v) is 10.4. The Balaban J connectivity index is 2.48. The van der Waals surface area contributed by atoms with E-state index in [2.05, 4.69) is 5.32 Å². The molecule has 0 bridgehead atoms. The number of Topliss-reactive ketones (excluding diaryl/α,β-unsaturated/α-hetero) is 1. The van der Waals surface area contributed by atoms with Crippen molar-refractivity contribution in [2.24, 2.45) is 0 Å². The van der Waals surface area contributed by atoms with Crippen LogP contribution in [-0.4, -0.2) is 54.4 Å². The first-order valence-electron chi connectivity index (χ1n) is 5.56. The van der Waals surface area contributed by atoms with Crippen molar-refractivity contribution < 1.29 is 24.2 Å². The van der Waals surface area contributed by atoms with Crippen molar-refractivity contribution in [3.05, 3.63) is 0 Å². The lowest BCUT2D eigenvalue weighted by molar-refractivity contribution is -0.156. The van der Waals surface area contributed by atoms with E-state index in [1.807, 2.05) is 20.8 Å². The molecular formula is C11H19NO5. The Hall–Kier alpha value is -0.980. The van der Waals surface area contributed by atoms with Gasteiger partial charge in [0.25, 0.3) is 5.91 Å². The highest BCUT2D eigenvalue weighted by atomic mass is 16.5. The zero-order valence-electron chi connectivity index (χ0n) is 10.4. The highest BCUT2D eigenvalue weighted by Gasteiger charge is 2.34. The lowest BCUT2D eigenvalue weighted by atomic mass is 10.1. The Morgan fingerprint density at radius 2 is 2.29 bits per heavy atom. The Bertz CT molecular complexity index is 297. The maximum Gasteiger partial charge on any atom is 0.257 e. The van der Waals surface area contributed by atoms with E-state index in [1.165, 1.54) is 0 Å². The van der Waals surface area contributed by atoms with Crippen molar-refractivity contribution in [1.29, 1.82) is 0 Å². The fraction of sp³-hybridized carbons (Fsp3) is 0.818. The first kappa shape index (κ1) is 14.1. The molecule has 0 aromatic rings. The van der Waals surface area contributed by atoms with E-state index < -0.39 is 29.5 Å². The van der Waals surface area contributed by atoms with Crippen molar-refractivity contribution in [3.8, 4) is 0 Å². The minimum atomic E-state index is -1.34. The van der Waals surface area contributed by atoms with E-state index in [-0.39, 0.29) is 13.2 Å². The minimum Gasteiger partial charge on any atom is -0.383 e. The number of hydrogen-bond acceptors (Lipinski definition) is 5. The van der Waals surface area contributed by atoms with Gasteiger partial charge in [-0.05, 0) is 20.8 Å². The van der Waals surface area contributed by atoms with E-state index >= 15 is 0 Å². The molecule has 1 rings (SSSR count). The van der Waals surface area contributed by atoms with Crippen molar-refractivity contribution in [3.63, 3.8) is 0 Å². The first-order chi connectivity index (χ1) is 7.81. The van der Waals surface area contributed by atoms with Crippen LogP contribution in [0.1, 0.15) is 20.8 Å². The van der Waals surface area contributed by atoms with Crippen LogP contribution < -0.4 is 5.32 Å². The predicted octanol–water partition coefficient (Wildman–Crippen LogP) is -0.753. The quantitative estimate of drug-likeness (QED) is 0.636. The zero-order chi connectivity index (χ0) is 13.1. The molecule has 1 fully saturated rings. The van der Waals surface area contributed by atoms with E-state index in [4.69, 9.17) is 9.47 Å². The molecule has 2 N–H and O–H groups in total. The third kappa shape index (κ3) is 4.41. The van der Waals surface area contributed by atoms with Gasteiger partial charge in [-0.25, -0.2) is 0 Å². The van der Waals surface area contributed by atoms with Gasteiger partial charge in [0.2, 0.25) is 5.78 Å². The summed E-state index contributed by atoms with van der Waals surface area (Å²) in [7, 11) is 0. The second-order valence-electron chi connectivity index (χ2n) is 4.88. The maximum atomic E-state index is 11.7. The smallest absolute Gasteiger partial charge is 0.257 e. The van der Waals surface area contributed by atoms with Gasteiger partial charge in [0.1, 0.15) is 6.10 Å². The van der Waals surface area contributed by atoms with Crippen molar-refractivity contribution in [2.45, 2.75) is 38.6 Å². The number of morpholine rings is 1. The molecule has 0 radical (unpaired) electrons. The van der Waals surface area contributed by atoms with Gasteiger partial charge in [0, 0.05) is 6.54 Å². The molecule has 1 saturated heterocycles. The number of aliphatic hydroxyl groups is 1. The van der Waals surface area contributed by atoms with E-state index in [0.29, 0.717) is 6.54 Å². The lowest BCUT2D eigenvalue weighted by Gasteiger charge is -2.25. The summed E-state index contributed by atoms with van der Waals surface area (Å²) in [6.07, 6.45) is -2.56. The summed E-state index contributed by atoms with van der Waals surface area (Å²) in [6.45, 7) is 5.96. The van der Waals surface area contributed by atoms with Crippen molar-refractivity contribution in [2.75, 3.05) is 19.8 Å². The van der Waals surface area contributed by atoms with Crippen molar-refractivity contribution >= 4 is 11.7 Å². The molecule has 17 heavy (non-hydrogen) atoms. The number of carbonyl (C=O) groups excluding carboxylic acids is 2. The van der Waals surface area contributed by atoms with Gasteiger partial charge in [-0.1, -0.05) is 0 Å². The van der Waals surface area contributed by atoms with E-state index in [9.17, 15) is 14.7 Å². The van der Waals surface area contributed by atoms with E-state index in [0.717, 1.165) is 0 Å². The van der Waals surface area contributed by atoms with Gasteiger partial charge in [-0.3, -0.25) is 9.59 Å². The Morgan fingerprint density at radius 3 is 2.82 bits per heavy atom. The molecule has 1 aliphatic rings. The average molecular weight is 245 g/mol. The predicted molar refractivity (Wildman–Crippen MR) is 59.5 cm³/mol. The molecule has 6 nitrogen and oxygen atoms in total. The third-order valence-electron chi connectivity index (χ3n) is 2.18. The summed E-state index contributed by atoms with van der Waals surface area (Å²) in [6, 6.07) is 0. The van der Waals surface area contributed by atoms with Gasteiger partial charge in [0.05, 0.1) is 18.8 Å². The van der Waals surface area contributed by atoms with E-state index in [1.54, 1.807) is 0 Å². The number of ether oxygens (including phenoxy) is 2. The summed E-state index contributed by atoms with van der Waals surface area (Å²) >= 11 is 0. The number of carbonyl (C=O) groups is 2. The molecule has 0 saturated carbocycles. The van der Waals surface area contributed by atoms with Gasteiger partial charge in [0.15, 0.2) is 6.10 Å². The van der Waals surface area contributed by atoms with Gasteiger partial charge in [-0.2, -0.15) is 0 Å². The number of nitrogens with one attached hydrogen (secondary N) is 1. The molecule has 2 atom stereocenters. The fourth-order valence-electron chi connectivity index (χ4n) is 1.32. The summed E-state index contributed by atoms with van der Waals surface area (Å²) in [4.78, 5) is 23.0. The summed E-state index contributed by atoms with van der Waals surface area (Å²) in [5, 5.41) is 12.1. The SMILES string of the molecule is CC(C)(C)OCC(O)C(=O)C1OCCNC1=O. The highest BCUT2D eigenvalue weighted by Crippen LogP contribution is 2.09.